The zero-order chi connectivity index (χ0) is 5.54. The fourth-order valence-electron chi connectivity index (χ4n) is 0.226. The predicted octanol–water partition coefficient (Wildman–Crippen LogP) is 1.65. The van der Waals surface area contributed by atoms with E-state index in [4.69, 9.17) is 0 Å². The molecule has 0 aromatic heterocycles. The van der Waals surface area contributed by atoms with Crippen molar-refractivity contribution >= 4 is 41.8 Å². The van der Waals surface area contributed by atoms with Crippen LogP contribution in [0.1, 0.15) is 13.8 Å². The summed E-state index contributed by atoms with van der Waals surface area (Å²) in [6, 6.07) is 0. The van der Waals surface area contributed by atoms with Crippen LogP contribution in [-0.4, -0.2) is 41.8 Å². The van der Waals surface area contributed by atoms with E-state index in [0.717, 1.165) is 0 Å². The molecular weight excluding hydrogens is 315 g/mol. The van der Waals surface area contributed by atoms with Gasteiger partial charge < -0.3 is 0 Å². The molecule has 0 spiro atoms. The molecule has 0 saturated heterocycles. The van der Waals surface area contributed by atoms with Gasteiger partial charge >= 0.3 is 67.1 Å². The van der Waals surface area contributed by atoms with Gasteiger partial charge in [-0.25, -0.2) is 0 Å². The zero-order valence-electron chi connectivity index (χ0n) is 4.94. The molecule has 0 amide bonds. The minimum atomic E-state index is 0.533. The van der Waals surface area contributed by atoms with Gasteiger partial charge in [0.2, 0.25) is 0 Å². The van der Waals surface area contributed by atoms with Crippen molar-refractivity contribution in [3.63, 3.8) is 0 Å². The molecule has 0 aromatic rings. The first-order valence-corrected chi connectivity index (χ1v) is 9.16. The van der Waals surface area contributed by atoms with E-state index in [1.165, 1.54) is 8.94 Å². The Bertz CT molecular complexity index is 25.3. The molecule has 0 saturated carbocycles. The molecule has 0 unspecified atom stereocenters. The first-order chi connectivity index (χ1) is 3.41. The first-order valence-electron chi connectivity index (χ1n) is 2.57. The van der Waals surface area contributed by atoms with E-state index < -0.39 is 0 Å². The van der Waals surface area contributed by atoms with Crippen LogP contribution >= 0.6 is 0 Å². The van der Waals surface area contributed by atoms with Crippen molar-refractivity contribution in [3.8, 4) is 0 Å². The average Bonchev–Trinajstić information content (AvgIpc) is 1.69. The number of hydrogen-bond donors (Lipinski definition) is 0. The molecule has 0 aliphatic carbocycles. The van der Waals surface area contributed by atoms with E-state index in [1.54, 1.807) is 2.52 Å². The summed E-state index contributed by atoms with van der Waals surface area (Å²) in [6.45, 7) is 4.65. The molecule has 0 N–H and O–H groups in total. The molecule has 0 aliphatic rings. The summed E-state index contributed by atoms with van der Waals surface area (Å²) >= 11 is 1.07. The molecule has 2 heteroatoms. The molecule has 0 nitrogen and oxygen atoms in total. The van der Waals surface area contributed by atoms with E-state index in [2.05, 4.69) is 13.8 Å². The summed E-state index contributed by atoms with van der Waals surface area (Å²) in [7, 11) is 0. The third kappa shape index (κ3) is 7.58. The van der Waals surface area contributed by atoms with Gasteiger partial charge in [0.05, 0.1) is 0 Å². The zero-order valence-corrected chi connectivity index (χ0v) is 9.60. The van der Waals surface area contributed by atoms with Crippen LogP contribution in [0.15, 0.2) is 0 Å². The Morgan fingerprint density at radius 3 is 1.71 bits per heavy atom. The Labute approximate surface area is 66.6 Å². The third-order valence-corrected chi connectivity index (χ3v) is 10.2. The molecule has 0 bridgehead atoms. The molecule has 0 heterocycles. The first kappa shape index (κ1) is 8.58. The molecule has 0 fully saturated rings. The minimum absolute atomic E-state index is 0.533. The van der Waals surface area contributed by atoms with E-state index in [9.17, 15) is 0 Å². The quantitative estimate of drug-likeness (QED) is 0.544. The van der Waals surface area contributed by atoms with Crippen molar-refractivity contribution in [1.29, 1.82) is 0 Å². The van der Waals surface area contributed by atoms with Crippen LogP contribution in [-0.2, 0) is 0 Å². The van der Waals surface area contributed by atoms with Gasteiger partial charge in [-0.3, -0.25) is 0 Å². The van der Waals surface area contributed by atoms with Crippen molar-refractivity contribution < 1.29 is 0 Å². The Kier molecular flexibility index (Phi) is 9.29. The maximum absolute atomic E-state index is 2.32. The van der Waals surface area contributed by atoms with Crippen molar-refractivity contribution in [3.05, 3.63) is 0 Å². The van der Waals surface area contributed by atoms with Crippen LogP contribution in [0, 0.1) is 0 Å². The molecule has 0 aliphatic heterocycles. The van der Waals surface area contributed by atoms with Crippen molar-refractivity contribution in [2.24, 2.45) is 0 Å². The summed E-state index contributed by atoms with van der Waals surface area (Å²) in [4.78, 5) is 0. The van der Waals surface area contributed by atoms with Gasteiger partial charge in [-0.05, 0) is 0 Å². The van der Waals surface area contributed by atoms with Crippen molar-refractivity contribution in [2.75, 3.05) is 0 Å². The van der Waals surface area contributed by atoms with Gasteiger partial charge in [-0.2, -0.15) is 0 Å². The normalized spacial score (nSPS) is 9.43. The van der Waals surface area contributed by atoms with Gasteiger partial charge in [0.25, 0.3) is 0 Å². The topological polar surface area (TPSA) is 0 Å². The third-order valence-electron chi connectivity index (χ3n) is 0.575. The molecule has 0 atom stereocenters. The van der Waals surface area contributed by atoms with Crippen molar-refractivity contribution in [2.45, 2.75) is 25.3 Å². The summed E-state index contributed by atoms with van der Waals surface area (Å²) in [5, 5.41) is 0. The van der Waals surface area contributed by atoms with Crippen LogP contribution in [0.2, 0.25) is 11.5 Å². The Morgan fingerprint density at radius 2 is 1.43 bits per heavy atom. The molecule has 0 rings (SSSR count). The maximum atomic E-state index is 2.32. The average molecular weight is 327 g/mol. The molecule has 7 heavy (non-hydrogen) atoms. The summed E-state index contributed by atoms with van der Waals surface area (Å²) in [5.41, 5.74) is 0. The van der Waals surface area contributed by atoms with E-state index in [0.29, 0.717) is 41.8 Å². The SMILES string of the molecule is CC[Te]C[Te]CC. The summed E-state index contributed by atoms with van der Waals surface area (Å²) in [6.07, 6.45) is 0. The Hall–Kier alpha value is 1.58. The second kappa shape index (κ2) is 7.58. The Balaban J connectivity index is 2.45. The van der Waals surface area contributed by atoms with Gasteiger partial charge in [0.15, 0.2) is 0 Å². The summed E-state index contributed by atoms with van der Waals surface area (Å²) in [5.74, 6) is 0. The molecule has 0 aromatic carbocycles. The van der Waals surface area contributed by atoms with Crippen LogP contribution in [0.4, 0.5) is 0 Å². The molecule has 0 radical (unpaired) electrons. The van der Waals surface area contributed by atoms with Gasteiger partial charge in [-0.1, -0.05) is 0 Å². The van der Waals surface area contributed by atoms with Gasteiger partial charge in [0, 0.05) is 0 Å². The van der Waals surface area contributed by atoms with E-state index in [-0.39, 0.29) is 0 Å². The molecule has 44 valence electrons. The second-order valence-corrected chi connectivity index (χ2v) is 11.9. The fourth-order valence-corrected chi connectivity index (χ4v) is 10.2. The van der Waals surface area contributed by atoms with Crippen LogP contribution in [0.3, 0.4) is 0 Å². The number of rotatable bonds is 4. The number of hydrogen-bond acceptors (Lipinski definition) is 0. The van der Waals surface area contributed by atoms with E-state index >= 15 is 0 Å². The standard InChI is InChI=1S/C5H12Te2/c1-3-6-5-7-4-2/h3-5H2,1-2H3. The van der Waals surface area contributed by atoms with Gasteiger partial charge in [0.1, 0.15) is 0 Å². The summed E-state index contributed by atoms with van der Waals surface area (Å²) < 4.78 is 4.74. The van der Waals surface area contributed by atoms with Gasteiger partial charge in [-0.15, -0.1) is 0 Å². The van der Waals surface area contributed by atoms with E-state index in [1.807, 2.05) is 0 Å². The predicted molar refractivity (Wildman–Crippen MR) is 37.3 cm³/mol. The fraction of sp³-hybridized carbons (Fsp3) is 1.00. The molecular formula is C5H12Te2. The van der Waals surface area contributed by atoms with Crippen molar-refractivity contribution in [1.82, 2.24) is 0 Å². The second-order valence-electron chi connectivity index (χ2n) is 1.10. The van der Waals surface area contributed by atoms with Crippen LogP contribution in [0.25, 0.3) is 0 Å². The van der Waals surface area contributed by atoms with Crippen LogP contribution < -0.4 is 0 Å². The van der Waals surface area contributed by atoms with Crippen LogP contribution in [0.5, 0.6) is 0 Å². The monoisotopic (exact) mass is 332 g/mol. The Morgan fingerprint density at radius 1 is 1.00 bits per heavy atom.